The van der Waals surface area contributed by atoms with Crippen molar-refractivity contribution in [1.82, 2.24) is 9.55 Å². The van der Waals surface area contributed by atoms with Crippen LogP contribution in [0, 0.1) is 13.8 Å². The first kappa shape index (κ1) is 16.3. The van der Waals surface area contributed by atoms with Crippen LogP contribution in [0.25, 0.3) is 33.8 Å². The summed E-state index contributed by atoms with van der Waals surface area (Å²) < 4.78 is 2.15. The second-order valence-corrected chi connectivity index (χ2v) is 6.85. The van der Waals surface area contributed by atoms with E-state index in [-0.39, 0.29) is 0 Å². The van der Waals surface area contributed by atoms with Gasteiger partial charge in [-0.1, -0.05) is 83.9 Å². The topological polar surface area (TPSA) is 17.8 Å². The van der Waals surface area contributed by atoms with E-state index in [1.54, 1.807) is 0 Å². The summed E-state index contributed by atoms with van der Waals surface area (Å²) in [6, 6.07) is 25.7. The van der Waals surface area contributed by atoms with Crippen LogP contribution in [-0.2, 0) is 7.05 Å². The molecule has 0 saturated heterocycles. The number of imidazole rings is 1. The van der Waals surface area contributed by atoms with E-state index in [1.165, 1.54) is 27.8 Å². The molecule has 3 aromatic carbocycles. The number of nitrogens with zero attached hydrogens (tertiary/aromatic N) is 2. The van der Waals surface area contributed by atoms with Crippen molar-refractivity contribution in [2.24, 2.45) is 7.05 Å². The molecule has 0 aliphatic carbocycles. The van der Waals surface area contributed by atoms with Gasteiger partial charge in [0.1, 0.15) is 5.82 Å². The summed E-state index contributed by atoms with van der Waals surface area (Å²) in [7, 11) is 2.07. The van der Waals surface area contributed by atoms with E-state index in [9.17, 15) is 0 Å². The molecule has 128 valence electrons. The summed E-state index contributed by atoms with van der Waals surface area (Å²) in [6.45, 7) is 4.29. The Bertz CT molecular complexity index is 1020. The van der Waals surface area contributed by atoms with E-state index in [0.29, 0.717) is 0 Å². The van der Waals surface area contributed by atoms with Gasteiger partial charge in [-0.25, -0.2) is 4.98 Å². The molecule has 0 saturated carbocycles. The zero-order valence-corrected chi connectivity index (χ0v) is 15.4. The molecule has 0 spiro atoms. The highest BCUT2D eigenvalue weighted by atomic mass is 15.1. The van der Waals surface area contributed by atoms with Crippen molar-refractivity contribution >= 4 is 0 Å². The minimum atomic E-state index is 0.985. The Morgan fingerprint density at radius 2 is 1.27 bits per heavy atom. The predicted molar refractivity (Wildman–Crippen MR) is 109 cm³/mol. The molecule has 4 rings (SSSR count). The quantitative estimate of drug-likeness (QED) is 0.445. The van der Waals surface area contributed by atoms with Crippen LogP contribution in [0.1, 0.15) is 11.1 Å². The summed E-state index contributed by atoms with van der Waals surface area (Å²) in [5, 5.41) is 0. The van der Waals surface area contributed by atoms with E-state index in [2.05, 4.69) is 85.0 Å². The fourth-order valence-electron chi connectivity index (χ4n) is 3.51. The Hall–Kier alpha value is -3.13. The Morgan fingerprint density at radius 1 is 0.654 bits per heavy atom. The van der Waals surface area contributed by atoms with E-state index in [1.807, 2.05) is 24.4 Å². The van der Waals surface area contributed by atoms with Crippen molar-refractivity contribution in [1.29, 1.82) is 0 Å². The van der Waals surface area contributed by atoms with Crippen LogP contribution in [0.4, 0.5) is 0 Å². The third kappa shape index (κ3) is 3.06. The van der Waals surface area contributed by atoms with Gasteiger partial charge < -0.3 is 4.57 Å². The second-order valence-electron chi connectivity index (χ2n) is 6.85. The molecule has 0 amide bonds. The van der Waals surface area contributed by atoms with Crippen LogP contribution in [0.2, 0.25) is 0 Å². The molecule has 4 aromatic rings. The molecular weight excluding hydrogens is 316 g/mol. The lowest BCUT2D eigenvalue weighted by Crippen LogP contribution is -1.95. The molecule has 0 unspecified atom stereocenters. The summed E-state index contributed by atoms with van der Waals surface area (Å²) in [5.41, 5.74) is 8.53. The fourth-order valence-corrected chi connectivity index (χ4v) is 3.51. The summed E-state index contributed by atoms with van der Waals surface area (Å²) in [6.07, 6.45) is 1.95. The lowest BCUT2D eigenvalue weighted by atomic mass is 9.99. The average Bonchev–Trinajstić information content (AvgIpc) is 3.03. The average molecular weight is 338 g/mol. The minimum Gasteiger partial charge on any atom is -0.327 e. The van der Waals surface area contributed by atoms with Gasteiger partial charge in [-0.2, -0.15) is 0 Å². The van der Waals surface area contributed by atoms with Gasteiger partial charge in [-0.05, 0) is 30.5 Å². The van der Waals surface area contributed by atoms with Crippen molar-refractivity contribution in [3.8, 4) is 33.8 Å². The van der Waals surface area contributed by atoms with Gasteiger partial charge in [0.25, 0.3) is 0 Å². The standard InChI is InChI=1S/C24H22N2/c1-17-13-18(2)15-22(14-17)19-9-11-20(12-10-19)23-16-25-24(26(23)3)21-7-5-4-6-8-21/h4-16H,1-3H3. The van der Waals surface area contributed by atoms with Crippen molar-refractivity contribution in [2.75, 3.05) is 0 Å². The first-order valence-electron chi connectivity index (χ1n) is 8.88. The highest BCUT2D eigenvalue weighted by molar-refractivity contribution is 5.71. The van der Waals surface area contributed by atoms with Gasteiger partial charge in [0.15, 0.2) is 0 Å². The Balaban J connectivity index is 1.69. The highest BCUT2D eigenvalue weighted by Gasteiger charge is 2.10. The van der Waals surface area contributed by atoms with Gasteiger partial charge in [0, 0.05) is 12.6 Å². The maximum Gasteiger partial charge on any atom is 0.140 e. The molecule has 2 heteroatoms. The van der Waals surface area contributed by atoms with Gasteiger partial charge in [0.2, 0.25) is 0 Å². The van der Waals surface area contributed by atoms with Gasteiger partial charge >= 0.3 is 0 Å². The van der Waals surface area contributed by atoms with Gasteiger partial charge in [0.05, 0.1) is 11.9 Å². The van der Waals surface area contributed by atoms with Crippen molar-refractivity contribution in [3.05, 3.63) is 90.1 Å². The Kier molecular flexibility index (Phi) is 4.18. The molecule has 26 heavy (non-hydrogen) atoms. The molecule has 0 fully saturated rings. The van der Waals surface area contributed by atoms with Crippen LogP contribution in [0.3, 0.4) is 0 Å². The third-order valence-corrected chi connectivity index (χ3v) is 4.76. The second kappa shape index (κ2) is 6.64. The Labute approximate surface area is 154 Å². The minimum absolute atomic E-state index is 0.985. The van der Waals surface area contributed by atoms with Crippen molar-refractivity contribution in [2.45, 2.75) is 13.8 Å². The van der Waals surface area contributed by atoms with Crippen LogP contribution >= 0.6 is 0 Å². The number of benzene rings is 3. The lowest BCUT2D eigenvalue weighted by molar-refractivity contribution is 0.933. The molecule has 0 bridgehead atoms. The maximum absolute atomic E-state index is 4.63. The molecular formula is C24H22N2. The number of hydrogen-bond acceptors (Lipinski definition) is 1. The lowest BCUT2D eigenvalue weighted by Gasteiger charge is -2.09. The van der Waals surface area contributed by atoms with E-state index >= 15 is 0 Å². The monoisotopic (exact) mass is 338 g/mol. The molecule has 1 heterocycles. The number of aromatic nitrogens is 2. The third-order valence-electron chi connectivity index (χ3n) is 4.76. The first-order valence-corrected chi connectivity index (χ1v) is 8.88. The maximum atomic E-state index is 4.63. The van der Waals surface area contributed by atoms with Crippen LogP contribution in [0.15, 0.2) is 79.0 Å². The van der Waals surface area contributed by atoms with Gasteiger partial charge in [-0.3, -0.25) is 0 Å². The molecule has 2 nitrogen and oxygen atoms in total. The summed E-state index contributed by atoms with van der Waals surface area (Å²) >= 11 is 0. The molecule has 1 aromatic heterocycles. The molecule has 0 atom stereocenters. The van der Waals surface area contributed by atoms with Crippen LogP contribution in [0.5, 0.6) is 0 Å². The van der Waals surface area contributed by atoms with E-state index in [4.69, 9.17) is 0 Å². The smallest absolute Gasteiger partial charge is 0.140 e. The summed E-state index contributed by atoms with van der Waals surface area (Å²) in [4.78, 5) is 4.63. The number of aryl methyl sites for hydroxylation is 2. The number of hydrogen-bond donors (Lipinski definition) is 0. The molecule has 0 aliphatic rings. The fraction of sp³-hybridized carbons (Fsp3) is 0.125. The molecule has 0 N–H and O–H groups in total. The molecule has 0 radical (unpaired) electrons. The predicted octanol–water partition coefficient (Wildman–Crippen LogP) is 6.04. The van der Waals surface area contributed by atoms with Crippen LogP contribution < -0.4 is 0 Å². The highest BCUT2D eigenvalue weighted by Crippen LogP contribution is 2.28. The normalized spacial score (nSPS) is 10.9. The zero-order valence-electron chi connectivity index (χ0n) is 15.4. The first-order chi connectivity index (χ1) is 12.6. The van der Waals surface area contributed by atoms with Crippen molar-refractivity contribution in [3.63, 3.8) is 0 Å². The largest absolute Gasteiger partial charge is 0.327 e. The van der Waals surface area contributed by atoms with E-state index in [0.717, 1.165) is 17.1 Å². The SMILES string of the molecule is Cc1cc(C)cc(-c2ccc(-c3cnc(-c4ccccc4)n3C)cc2)c1. The zero-order chi connectivity index (χ0) is 18.1. The van der Waals surface area contributed by atoms with E-state index < -0.39 is 0 Å². The van der Waals surface area contributed by atoms with Crippen LogP contribution in [-0.4, -0.2) is 9.55 Å². The number of rotatable bonds is 3. The molecule has 0 aliphatic heterocycles. The van der Waals surface area contributed by atoms with Crippen molar-refractivity contribution < 1.29 is 0 Å². The van der Waals surface area contributed by atoms with Gasteiger partial charge in [-0.15, -0.1) is 0 Å². The Morgan fingerprint density at radius 3 is 1.92 bits per heavy atom. The summed E-state index contributed by atoms with van der Waals surface area (Å²) in [5.74, 6) is 0.985.